The Labute approximate surface area is 159 Å². The monoisotopic (exact) mass is 367 g/mol. The number of benzene rings is 1. The second-order valence-corrected chi connectivity index (χ2v) is 6.90. The van der Waals surface area contributed by atoms with Crippen LogP contribution in [0.15, 0.2) is 42.6 Å². The fourth-order valence-corrected chi connectivity index (χ4v) is 3.68. The zero-order chi connectivity index (χ0) is 18.6. The molecule has 1 aromatic heterocycles. The molecule has 7 nitrogen and oxygen atoms in total. The van der Waals surface area contributed by atoms with Crippen molar-refractivity contribution >= 4 is 23.1 Å². The lowest BCUT2D eigenvalue weighted by Crippen LogP contribution is -2.39. The maximum absolute atomic E-state index is 11.9. The summed E-state index contributed by atoms with van der Waals surface area (Å²) in [6.45, 7) is 3.40. The summed E-state index contributed by atoms with van der Waals surface area (Å²) in [5.41, 5.74) is 3.17. The van der Waals surface area contributed by atoms with Gasteiger partial charge in [0.15, 0.2) is 0 Å². The summed E-state index contributed by atoms with van der Waals surface area (Å²) in [4.78, 5) is 20.3. The van der Waals surface area contributed by atoms with E-state index in [1.807, 2.05) is 30.5 Å². The minimum Gasteiger partial charge on any atom is -0.481 e. The summed E-state index contributed by atoms with van der Waals surface area (Å²) >= 11 is 0. The second kappa shape index (κ2) is 7.73. The Bertz CT molecular complexity index is 787. The normalized spacial score (nSPS) is 17.7. The molecule has 4 rings (SSSR count). The van der Waals surface area contributed by atoms with Gasteiger partial charge < -0.3 is 20.3 Å². The number of hydrogen-bond acceptors (Lipinski definition) is 5. The molecule has 2 saturated heterocycles. The van der Waals surface area contributed by atoms with Crippen LogP contribution in [0.3, 0.4) is 0 Å². The largest absolute Gasteiger partial charge is 0.481 e. The Balaban J connectivity index is 1.35. The number of pyridine rings is 1. The third kappa shape index (κ3) is 3.92. The highest BCUT2D eigenvalue weighted by atomic mass is 16.5. The number of amides is 2. The van der Waals surface area contributed by atoms with E-state index in [4.69, 9.17) is 4.74 Å². The Morgan fingerprint density at radius 2 is 1.96 bits per heavy atom. The number of nitrogens with zero attached hydrogens (tertiary/aromatic N) is 3. The molecule has 2 aromatic rings. The molecule has 0 spiro atoms. The molecule has 2 N–H and O–H groups in total. The van der Waals surface area contributed by atoms with E-state index < -0.39 is 0 Å². The summed E-state index contributed by atoms with van der Waals surface area (Å²) in [6, 6.07) is 12.6. The minimum atomic E-state index is -0.0110. The highest BCUT2D eigenvalue weighted by molar-refractivity contribution is 5.94. The van der Waals surface area contributed by atoms with E-state index >= 15 is 0 Å². The molecule has 0 saturated carbocycles. The molecule has 3 heterocycles. The van der Waals surface area contributed by atoms with E-state index in [-0.39, 0.29) is 6.03 Å². The first-order valence-corrected chi connectivity index (χ1v) is 9.40. The van der Waals surface area contributed by atoms with Gasteiger partial charge in [-0.3, -0.25) is 4.90 Å². The van der Waals surface area contributed by atoms with Gasteiger partial charge in [-0.2, -0.15) is 0 Å². The van der Waals surface area contributed by atoms with E-state index in [1.165, 1.54) is 5.69 Å². The predicted octanol–water partition coefficient (Wildman–Crippen LogP) is 2.70. The molecule has 142 valence electrons. The highest BCUT2D eigenvalue weighted by Crippen LogP contribution is 2.27. The van der Waals surface area contributed by atoms with Gasteiger partial charge >= 0.3 is 6.03 Å². The third-order valence-electron chi connectivity index (χ3n) is 5.17. The maximum atomic E-state index is 11.9. The van der Waals surface area contributed by atoms with Crippen molar-refractivity contribution in [3.63, 3.8) is 0 Å². The molecule has 2 amide bonds. The average molecular weight is 367 g/mol. The molecule has 2 aliphatic heterocycles. The summed E-state index contributed by atoms with van der Waals surface area (Å²) < 4.78 is 5.10. The number of anilines is 3. The van der Waals surface area contributed by atoms with Gasteiger partial charge in [0, 0.05) is 49.7 Å². The number of nitrogens with one attached hydrogen (secondary N) is 2. The van der Waals surface area contributed by atoms with Crippen molar-refractivity contribution in [2.75, 3.05) is 48.4 Å². The Morgan fingerprint density at radius 1 is 1.15 bits per heavy atom. The van der Waals surface area contributed by atoms with Gasteiger partial charge in [0.25, 0.3) is 0 Å². The van der Waals surface area contributed by atoms with Crippen molar-refractivity contribution in [1.29, 1.82) is 0 Å². The number of carbonyl (C=O) groups is 1. The quantitative estimate of drug-likeness (QED) is 0.850. The van der Waals surface area contributed by atoms with Crippen LogP contribution in [0.25, 0.3) is 0 Å². The van der Waals surface area contributed by atoms with Crippen LogP contribution >= 0.6 is 0 Å². The SMILES string of the molecule is COc1ccc(NC2CCN(c3cccc(N4CCNC4=O)c3)CC2)cn1. The smallest absolute Gasteiger partial charge is 0.321 e. The Kier molecular flexibility index (Phi) is 5.00. The molecular formula is C20H25N5O2. The number of rotatable bonds is 5. The Morgan fingerprint density at radius 3 is 2.63 bits per heavy atom. The van der Waals surface area contributed by atoms with E-state index in [0.717, 1.165) is 43.9 Å². The molecule has 1 aromatic carbocycles. The topological polar surface area (TPSA) is 69.7 Å². The van der Waals surface area contributed by atoms with Crippen molar-refractivity contribution in [3.05, 3.63) is 42.6 Å². The van der Waals surface area contributed by atoms with Crippen LogP contribution in [0.2, 0.25) is 0 Å². The van der Waals surface area contributed by atoms with Crippen molar-refractivity contribution in [2.45, 2.75) is 18.9 Å². The predicted molar refractivity (Wildman–Crippen MR) is 107 cm³/mol. The van der Waals surface area contributed by atoms with Gasteiger partial charge in [0.2, 0.25) is 5.88 Å². The molecule has 2 fully saturated rings. The van der Waals surface area contributed by atoms with Crippen LogP contribution in [0, 0.1) is 0 Å². The fourth-order valence-electron chi connectivity index (χ4n) is 3.68. The number of aromatic nitrogens is 1. The van der Waals surface area contributed by atoms with E-state index in [0.29, 0.717) is 18.5 Å². The fraction of sp³-hybridized carbons (Fsp3) is 0.400. The lowest BCUT2D eigenvalue weighted by Gasteiger charge is -2.34. The van der Waals surface area contributed by atoms with Gasteiger partial charge in [-0.25, -0.2) is 9.78 Å². The third-order valence-corrected chi connectivity index (χ3v) is 5.17. The second-order valence-electron chi connectivity index (χ2n) is 6.90. The molecule has 7 heteroatoms. The Hall–Kier alpha value is -2.96. The van der Waals surface area contributed by atoms with Crippen LogP contribution in [0.4, 0.5) is 21.9 Å². The standard InChI is InChI=1S/C20H25N5O2/c1-27-19-6-5-16(14-22-19)23-15-7-10-24(11-8-15)17-3-2-4-18(13-17)25-12-9-21-20(25)26/h2-6,13-15,23H,7-12H2,1H3,(H,21,26). The van der Waals surface area contributed by atoms with Crippen LogP contribution < -0.4 is 25.2 Å². The van der Waals surface area contributed by atoms with Crippen molar-refractivity contribution in [2.24, 2.45) is 0 Å². The van der Waals surface area contributed by atoms with Gasteiger partial charge in [-0.15, -0.1) is 0 Å². The lowest BCUT2D eigenvalue weighted by molar-refractivity contribution is 0.252. The number of urea groups is 1. The van der Waals surface area contributed by atoms with Crippen molar-refractivity contribution in [3.8, 4) is 5.88 Å². The van der Waals surface area contributed by atoms with E-state index in [1.54, 1.807) is 12.0 Å². The molecule has 0 unspecified atom stereocenters. The van der Waals surface area contributed by atoms with Crippen molar-refractivity contribution in [1.82, 2.24) is 10.3 Å². The summed E-state index contributed by atoms with van der Waals surface area (Å²) in [5.74, 6) is 0.627. The molecule has 0 radical (unpaired) electrons. The number of hydrogen-bond donors (Lipinski definition) is 2. The van der Waals surface area contributed by atoms with E-state index in [9.17, 15) is 4.79 Å². The van der Waals surface area contributed by atoms with Gasteiger partial charge in [0.1, 0.15) is 0 Å². The highest BCUT2D eigenvalue weighted by Gasteiger charge is 2.23. The molecule has 0 atom stereocenters. The summed E-state index contributed by atoms with van der Waals surface area (Å²) in [5, 5.41) is 6.42. The zero-order valence-electron chi connectivity index (χ0n) is 15.5. The first kappa shape index (κ1) is 17.5. The van der Waals surface area contributed by atoms with Gasteiger partial charge in [0.05, 0.1) is 19.0 Å². The van der Waals surface area contributed by atoms with Crippen LogP contribution in [0.5, 0.6) is 5.88 Å². The molecule has 0 aliphatic carbocycles. The van der Waals surface area contributed by atoms with Crippen LogP contribution in [0.1, 0.15) is 12.8 Å². The maximum Gasteiger partial charge on any atom is 0.321 e. The molecule has 0 bridgehead atoms. The molecule has 27 heavy (non-hydrogen) atoms. The zero-order valence-corrected chi connectivity index (χ0v) is 15.5. The molecule has 2 aliphatic rings. The van der Waals surface area contributed by atoms with E-state index in [2.05, 4.69) is 32.7 Å². The van der Waals surface area contributed by atoms with Gasteiger partial charge in [-0.1, -0.05) is 6.07 Å². The van der Waals surface area contributed by atoms with Crippen LogP contribution in [-0.4, -0.2) is 50.3 Å². The number of piperidine rings is 1. The lowest BCUT2D eigenvalue weighted by atomic mass is 10.0. The first-order chi connectivity index (χ1) is 13.2. The first-order valence-electron chi connectivity index (χ1n) is 9.40. The van der Waals surface area contributed by atoms with Crippen molar-refractivity contribution < 1.29 is 9.53 Å². The number of carbonyl (C=O) groups excluding carboxylic acids is 1. The minimum absolute atomic E-state index is 0.0110. The van der Waals surface area contributed by atoms with Gasteiger partial charge in [-0.05, 0) is 37.1 Å². The number of methoxy groups -OCH3 is 1. The number of ether oxygens (including phenoxy) is 1. The van der Waals surface area contributed by atoms with Crippen LogP contribution in [-0.2, 0) is 0 Å². The average Bonchev–Trinajstić information content (AvgIpc) is 3.15. The summed E-state index contributed by atoms with van der Waals surface area (Å²) in [7, 11) is 1.62. The molecular weight excluding hydrogens is 342 g/mol. The summed E-state index contributed by atoms with van der Waals surface area (Å²) in [6.07, 6.45) is 3.93.